The first-order valence-corrected chi connectivity index (χ1v) is 6.48. The van der Waals surface area contributed by atoms with Crippen molar-refractivity contribution in [3.63, 3.8) is 0 Å². The molecule has 0 atom stereocenters. The van der Waals surface area contributed by atoms with E-state index < -0.39 is 0 Å². The maximum atomic E-state index is 5.56. The lowest BCUT2D eigenvalue weighted by Gasteiger charge is -2.14. The highest BCUT2D eigenvalue weighted by Gasteiger charge is 2.17. The number of hydrogen-bond donors (Lipinski definition) is 1. The van der Waals surface area contributed by atoms with Crippen LogP contribution in [0.2, 0.25) is 0 Å². The summed E-state index contributed by atoms with van der Waals surface area (Å²) in [6.45, 7) is 6.53. The molecule has 2 rings (SSSR count). The molecule has 4 heteroatoms. The summed E-state index contributed by atoms with van der Waals surface area (Å²) in [6, 6.07) is 3.83. The lowest BCUT2D eigenvalue weighted by atomic mass is 9.93. The van der Waals surface area contributed by atoms with Crippen molar-refractivity contribution in [2.45, 2.75) is 32.6 Å². The second kappa shape index (κ2) is 4.45. The number of nitrogens with two attached hydrogens (primary N) is 1. The van der Waals surface area contributed by atoms with Crippen LogP contribution in [0.3, 0.4) is 0 Å². The molecule has 2 heterocycles. The zero-order valence-electron chi connectivity index (χ0n) is 10.4. The van der Waals surface area contributed by atoms with Gasteiger partial charge in [0.2, 0.25) is 0 Å². The van der Waals surface area contributed by atoms with Crippen molar-refractivity contribution in [3.05, 3.63) is 40.0 Å². The molecular weight excluding hydrogens is 230 g/mol. The highest BCUT2D eigenvalue weighted by atomic mass is 32.1. The largest absolute Gasteiger partial charge is 0.384 e. The SMILES string of the molecule is CC(C)(C)c1csc(Cc2ccc(N)nc2)n1. The normalized spacial score (nSPS) is 11.7. The van der Waals surface area contributed by atoms with Crippen LogP contribution < -0.4 is 5.73 Å². The average molecular weight is 247 g/mol. The van der Waals surface area contributed by atoms with Crippen molar-refractivity contribution in [2.24, 2.45) is 0 Å². The third-order valence-electron chi connectivity index (χ3n) is 2.52. The van der Waals surface area contributed by atoms with Crippen LogP contribution >= 0.6 is 11.3 Å². The van der Waals surface area contributed by atoms with Gasteiger partial charge < -0.3 is 5.73 Å². The van der Waals surface area contributed by atoms with E-state index in [1.54, 1.807) is 11.3 Å². The first-order chi connectivity index (χ1) is 7.95. The second-order valence-electron chi connectivity index (χ2n) is 5.14. The summed E-state index contributed by atoms with van der Waals surface area (Å²) in [5.74, 6) is 0.559. The van der Waals surface area contributed by atoms with Crippen molar-refractivity contribution >= 4 is 17.2 Å². The summed E-state index contributed by atoms with van der Waals surface area (Å²) in [4.78, 5) is 8.74. The fourth-order valence-electron chi connectivity index (χ4n) is 1.45. The number of anilines is 1. The Morgan fingerprint density at radius 2 is 2.06 bits per heavy atom. The molecular formula is C13H17N3S. The standard InChI is InChI=1S/C13H17N3S/c1-13(2,3)10-8-17-12(16-10)6-9-4-5-11(14)15-7-9/h4-5,7-8H,6H2,1-3H3,(H2,14,15). The number of nitrogen functional groups attached to an aromatic ring is 1. The molecule has 0 aliphatic carbocycles. The molecule has 0 spiro atoms. The van der Waals surface area contributed by atoms with Crippen LogP contribution in [0.15, 0.2) is 23.7 Å². The fourth-order valence-corrected chi connectivity index (χ4v) is 2.51. The van der Waals surface area contributed by atoms with E-state index >= 15 is 0 Å². The summed E-state index contributed by atoms with van der Waals surface area (Å²) >= 11 is 1.71. The second-order valence-corrected chi connectivity index (χ2v) is 6.09. The molecule has 90 valence electrons. The molecule has 2 N–H and O–H groups in total. The molecule has 2 aromatic heterocycles. The first-order valence-electron chi connectivity index (χ1n) is 5.60. The van der Waals surface area contributed by atoms with Crippen LogP contribution in [-0.2, 0) is 11.8 Å². The van der Waals surface area contributed by atoms with E-state index in [-0.39, 0.29) is 5.41 Å². The van der Waals surface area contributed by atoms with Gasteiger partial charge in [0.15, 0.2) is 0 Å². The molecule has 17 heavy (non-hydrogen) atoms. The van der Waals surface area contributed by atoms with Crippen molar-refractivity contribution < 1.29 is 0 Å². The number of nitrogens with zero attached hydrogens (tertiary/aromatic N) is 2. The minimum atomic E-state index is 0.119. The molecule has 0 aliphatic heterocycles. The number of thiazole rings is 1. The topological polar surface area (TPSA) is 51.8 Å². The third-order valence-corrected chi connectivity index (χ3v) is 3.37. The molecule has 0 fully saturated rings. The Bertz CT molecular complexity index is 494. The molecule has 2 aromatic rings. The van der Waals surface area contributed by atoms with Crippen LogP contribution in [-0.4, -0.2) is 9.97 Å². The lowest BCUT2D eigenvalue weighted by Crippen LogP contribution is -2.11. The summed E-state index contributed by atoms with van der Waals surface area (Å²) in [6.07, 6.45) is 2.64. The molecule has 3 nitrogen and oxygen atoms in total. The lowest BCUT2D eigenvalue weighted by molar-refractivity contribution is 0.571. The van der Waals surface area contributed by atoms with Gasteiger partial charge in [-0.1, -0.05) is 26.8 Å². The van der Waals surface area contributed by atoms with Crippen LogP contribution in [0.4, 0.5) is 5.82 Å². The van der Waals surface area contributed by atoms with Crippen molar-refractivity contribution in [3.8, 4) is 0 Å². The average Bonchev–Trinajstić information content (AvgIpc) is 2.69. The van der Waals surface area contributed by atoms with Crippen LogP contribution in [0.25, 0.3) is 0 Å². The van der Waals surface area contributed by atoms with Crippen molar-refractivity contribution in [1.29, 1.82) is 0 Å². The van der Waals surface area contributed by atoms with Crippen LogP contribution in [0.5, 0.6) is 0 Å². The van der Waals surface area contributed by atoms with E-state index in [2.05, 4.69) is 36.1 Å². The first kappa shape index (κ1) is 12.0. The zero-order chi connectivity index (χ0) is 12.5. The fraction of sp³-hybridized carbons (Fsp3) is 0.385. The van der Waals surface area contributed by atoms with Gasteiger partial charge in [-0.3, -0.25) is 0 Å². The molecule has 0 amide bonds. The number of aromatic nitrogens is 2. The Kier molecular flexibility index (Phi) is 3.15. The van der Waals surface area contributed by atoms with E-state index in [0.717, 1.165) is 22.7 Å². The van der Waals surface area contributed by atoms with Crippen molar-refractivity contribution in [2.75, 3.05) is 5.73 Å². The van der Waals surface area contributed by atoms with Gasteiger partial charge in [-0.25, -0.2) is 9.97 Å². The smallest absolute Gasteiger partial charge is 0.123 e. The van der Waals surface area contributed by atoms with E-state index in [9.17, 15) is 0 Å². The molecule has 0 saturated carbocycles. The monoisotopic (exact) mass is 247 g/mol. The summed E-state index contributed by atoms with van der Waals surface area (Å²) in [7, 11) is 0. The van der Waals surface area contributed by atoms with Gasteiger partial charge in [0.25, 0.3) is 0 Å². The van der Waals surface area contributed by atoms with Gasteiger partial charge in [0.05, 0.1) is 10.7 Å². The minimum absolute atomic E-state index is 0.119. The molecule has 0 unspecified atom stereocenters. The predicted octanol–water partition coefficient (Wildman–Crippen LogP) is 3.01. The van der Waals surface area contributed by atoms with Gasteiger partial charge in [0.1, 0.15) is 5.82 Å². The van der Waals surface area contributed by atoms with Gasteiger partial charge in [-0.2, -0.15) is 0 Å². The van der Waals surface area contributed by atoms with E-state index in [4.69, 9.17) is 5.73 Å². The van der Waals surface area contributed by atoms with E-state index in [1.807, 2.05) is 18.3 Å². The minimum Gasteiger partial charge on any atom is -0.384 e. The Labute approximate surface area is 106 Å². The van der Waals surface area contributed by atoms with Gasteiger partial charge in [0, 0.05) is 23.4 Å². The van der Waals surface area contributed by atoms with Crippen LogP contribution in [0.1, 0.15) is 37.0 Å². The maximum Gasteiger partial charge on any atom is 0.123 e. The highest BCUT2D eigenvalue weighted by Crippen LogP contribution is 2.25. The predicted molar refractivity (Wildman–Crippen MR) is 72.3 cm³/mol. The maximum absolute atomic E-state index is 5.56. The van der Waals surface area contributed by atoms with Crippen LogP contribution in [0, 0.1) is 0 Å². The molecule has 0 saturated heterocycles. The third kappa shape index (κ3) is 3.03. The van der Waals surface area contributed by atoms with Gasteiger partial charge in [-0.15, -0.1) is 11.3 Å². The Morgan fingerprint density at radius 3 is 2.59 bits per heavy atom. The Morgan fingerprint density at radius 1 is 1.29 bits per heavy atom. The Hall–Kier alpha value is -1.42. The van der Waals surface area contributed by atoms with E-state index in [0.29, 0.717) is 5.82 Å². The molecule has 0 radical (unpaired) electrons. The zero-order valence-corrected chi connectivity index (χ0v) is 11.2. The number of rotatable bonds is 2. The van der Waals surface area contributed by atoms with Gasteiger partial charge in [-0.05, 0) is 11.6 Å². The molecule has 0 aromatic carbocycles. The number of hydrogen-bond acceptors (Lipinski definition) is 4. The van der Waals surface area contributed by atoms with E-state index in [1.165, 1.54) is 0 Å². The highest BCUT2D eigenvalue weighted by molar-refractivity contribution is 7.09. The van der Waals surface area contributed by atoms with Crippen molar-refractivity contribution in [1.82, 2.24) is 9.97 Å². The summed E-state index contributed by atoms with van der Waals surface area (Å²) in [5, 5.41) is 3.27. The summed E-state index contributed by atoms with van der Waals surface area (Å²) in [5.41, 5.74) is 7.98. The number of pyridine rings is 1. The Balaban J connectivity index is 2.14. The summed E-state index contributed by atoms with van der Waals surface area (Å²) < 4.78 is 0. The molecule has 0 aliphatic rings. The van der Waals surface area contributed by atoms with Gasteiger partial charge >= 0.3 is 0 Å². The quantitative estimate of drug-likeness (QED) is 0.887. The molecule has 0 bridgehead atoms.